The van der Waals surface area contributed by atoms with Crippen LogP contribution in [-0.2, 0) is 9.59 Å². The number of Topliss-reactive ketones (excluding diaryl/α,β-unsaturated/α-hetero) is 2. The number of hydrogen-bond acceptors (Lipinski definition) is 6. The van der Waals surface area contributed by atoms with E-state index >= 15 is 0 Å². The first kappa shape index (κ1) is 25.6. The normalized spacial score (nSPS) is 17.7. The fourth-order valence-electron chi connectivity index (χ4n) is 3.33. The van der Waals surface area contributed by atoms with E-state index in [-0.39, 0.29) is 29.2 Å². The third-order valence-corrected chi connectivity index (χ3v) is 5.51. The average Bonchev–Trinajstić information content (AvgIpc) is 2.65. The summed E-state index contributed by atoms with van der Waals surface area (Å²) in [6, 6.07) is 1.36. The molecule has 32 heavy (non-hydrogen) atoms. The Bertz CT molecular complexity index is 938. The second kappa shape index (κ2) is 10.3. The van der Waals surface area contributed by atoms with Crippen LogP contribution in [0, 0.1) is 12.5 Å². The standard InChI is InChI=1S/C19H20BClF3N3O5/c1-26-11(9-20(31)32)7-17(29)15-4-5-27(15)18(30)12(19(22,23)24)8-16(28)10-2-3-14(25)13(21)6-10/h2-3,6,11-12,15,31-32H,4-5,7-9,25H2. The molecule has 2 rings (SSSR count). The van der Waals surface area contributed by atoms with Crippen LogP contribution in [0.15, 0.2) is 18.2 Å². The Kier molecular flexibility index (Phi) is 8.28. The molecule has 3 unspecified atom stereocenters. The SMILES string of the molecule is [C-]#[N+]C(CB(O)O)CC(=O)C1CCN1C(=O)C(CC(=O)c1ccc(N)c(Cl)c1)C(F)(F)F. The van der Waals surface area contributed by atoms with Crippen molar-refractivity contribution >= 4 is 41.9 Å². The zero-order chi connectivity index (χ0) is 24.2. The van der Waals surface area contributed by atoms with Crippen molar-refractivity contribution < 1.29 is 37.6 Å². The Labute approximate surface area is 187 Å². The van der Waals surface area contributed by atoms with Gasteiger partial charge in [-0.05, 0) is 24.6 Å². The third kappa shape index (κ3) is 6.21. The van der Waals surface area contributed by atoms with Crippen molar-refractivity contribution in [2.75, 3.05) is 12.3 Å². The van der Waals surface area contributed by atoms with Gasteiger partial charge in [0, 0.05) is 18.5 Å². The van der Waals surface area contributed by atoms with Crippen molar-refractivity contribution in [3.8, 4) is 0 Å². The predicted molar refractivity (Wildman–Crippen MR) is 109 cm³/mol. The fraction of sp³-hybridized carbons (Fsp3) is 0.474. The van der Waals surface area contributed by atoms with Crippen LogP contribution in [0.1, 0.15) is 29.6 Å². The number of hydrogen-bond donors (Lipinski definition) is 3. The van der Waals surface area contributed by atoms with E-state index in [2.05, 4.69) is 4.85 Å². The number of rotatable bonds is 9. The van der Waals surface area contributed by atoms with Gasteiger partial charge < -0.3 is 25.5 Å². The molecule has 0 spiro atoms. The summed E-state index contributed by atoms with van der Waals surface area (Å²) in [5.41, 5.74) is 5.53. The average molecular weight is 474 g/mol. The minimum absolute atomic E-state index is 0.0125. The number of halogens is 4. The highest BCUT2D eigenvalue weighted by Gasteiger charge is 2.51. The van der Waals surface area contributed by atoms with Crippen molar-refractivity contribution in [2.45, 2.75) is 43.8 Å². The number of likely N-dealkylation sites (tertiary alicyclic amines) is 1. The van der Waals surface area contributed by atoms with E-state index in [1.807, 2.05) is 0 Å². The summed E-state index contributed by atoms with van der Waals surface area (Å²) in [6.07, 6.45) is -6.92. The lowest BCUT2D eigenvalue weighted by Gasteiger charge is -2.42. The molecule has 8 nitrogen and oxygen atoms in total. The summed E-state index contributed by atoms with van der Waals surface area (Å²) in [5, 5.41) is 17.9. The summed E-state index contributed by atoms with van der Waals surface area (Å²) >= 11 is 5.80. The first-order valence-corrected chi connectivity index (χ1v) is 9.93. The molecule has 3 atom stereocenters. The van der Waals surface area contributed by atoms with Gasteiger partial charge in [-0.15, -0.1) is 0 Å². The van der Waals surface area contributed by atoms with Gasteiger partial charge in [0.25, 0.3) is 0 Å². The molecule has 172 valence electrons. The molecule has 1 aromatic rings. The van der Waals surface area contributed by atoms with Crippen molar-refractivity contribution in [1.29, 1.82) is 0 Å². The second-order valence-corrected chi connectivity index (χ2v) is 7.87. The summed E-state index contributed by atoms with van der Waals surface area (Å²) in [7, 11) is -1.82. The van der Waals surface area contributed by atoms with Gasteiger partial charge in [0.05, 0.1) is 29.5 Å². The number of ketones is 2. The fourth-order valence-corrected chi connectivity index (χ4v) is 3.51. The van der Waals surface area contributed by atoms with Crippen LogP contribution in [-0.4, -0.2) is 64.3 Å². The Morgan fingerprint density at radius 3 is 2.44 bits per heavy atom. The van der Waals surface area contributed by atoms with Crippen molar-refractivity contribution in [3.05, 3.63) is 40.2 Å². The smallest absolute Gasteiger partial charge is 0.427 e. The van der Waals surface area contributed by atoms with Gasteiger partial charge in [0.15, 0.2) is 11.6 Å². The first-order chi connectivity index (χ1) is 14.8. The number of nitrogens with two attached hydrogens (primary N) is 1. The number of nitrogen functional groups attached to an aromatic ring is 1. The largest absolute Gasteiger partial charge is 0.459 e. The second-order valence-electron chi connectivity index (χ2n) is 7.46. The van der Waals surface area contributed by atoms with Crippen LogP contribution in [0.5, 0.6) is 0 Å². The lowest BCUT2D eigenvalue weighted by Crippen LogP contribution is -2.58. The summed E-state index contributed by atoms with van der Waals surface area (Å²) < 4.78 is 40.9. The number of anilines is 1. The Morgan fingerprint density at radius 2 is 1.97 bits per heavy atom. The molecule has 4 N–H and O–H groups in total. The lowest BCUT2D eigenvalue weighted by atomic mass is 9.79. The Morgan fingerprint density at radius 1 is 1.31 bits per heavy atom. The van der Waals surface area contributed by atoms with E-state index in [9.17, 15) is 27.6 Å². The molecule has 0 saturated carbocycles. The van der Waals surface area contributed by atoms with Crippen molar-refractivity contribution in [2.24, 2.45) is 5.92 Å². The monoisotopic (exact) mass is 473 g/mol. The van der Waals surface area contributed by atoms with Crippen molar-refractivity contribution in [1.82, 2.24) is 4.90 Å². The number of nitrogens with zero attached hydrogens (tertiary/aromatic N) is 2. The van der Waals surface area contributed by atoms with Gasteiger partial charge in [-0.3, -0.25) is 14.4 Å². The topological polar surface area (TPSA) is 125 Å². The van der Waals surface area contributed by atoms with Crippen LogP contribution in [0.4, 0.5) is 18.9 Å². The molecule has 0 aromatic heterocycles. The number of carbonyl (C=O) groups is 3. The summed E-state index contributed by atoms with van der Waals surface area (Å²) in [6.45, 7) is 6.90. The maximum absolute atomic E-state index is 13.6. The quantitative estimate of drug-likeness (QED) is 0.218. The van der Waals surface area contributed by atoms with Gasteiger partial charge in [0.1, 0.15) is 5.92 Å². The molecule has 0 radical (unpaired) electrons. The van der Waals surface area contributed by atoms with Gasteiger partial charge in [-0.1, -0.05) is 11.6 Å². The highest BCUT2D eigenvalue weighted by Crippen LogP contribution is 2.35. The zero-order valence-electron chi connectivity index (χ0n) is 16.7. The number of alkyl halides is 3. The maximum Gasteiger partial charge on any atom is 0.459 e. The lowest BCUT2D eigenvalue weighted by molar-refractivity contribution is -0.193. The van der Waals surface area contributed by atoms with E-state index in [0.717, 1.165) is 11.0 Å². The van der Waals surface area contributed by atoms with Crippen LogP contribution >= 0.6 is 11.6 Å². The van der Waals surface area contributed by atoms with Crippen molar-refractivity contribution in [3.63, 3.8) is 0 Å². The molecule has 1 fully saturated rings. The molecule has 1 aromatic carbocycles. The van der Waals surface area contributed by atoms with Gasteiger partial charge in [0.2, 0.25) is 11.9 Å². The van der Waals surface area contributed by atoms with E-state index in [1.54, 1.807) is 0 Å². The van der Waals surface area contributed by atoms with E-state index in [0.29, 0.717) is 0 Å². The third-order valence-electron chi connectivity index (χ3n) is 5.18. The van der Waals surface area contributed by atoms with Crippen LogP contribution < -0.4 is 5.73 Å². The molecule has 1 saturated heterocycles. The molecule has 0 aliphatic carbocycles. The predicted octanol–water partition coefficient (Wildman–Crippen LogP) is 1.99. The number of benzene rings is 1. The Hall–Kier alpha value is -2.62. The highest BCUT2D eigenvalue weighted by molar-refractivity contribution is 6.41. The molecule has 1 heterocycles. The molecule has 1 aliphatic heterocycles. The molecule has 1 amide bonds. The van der Waals surface area contributed by atoms with E-state index in [1.165, 1.54) is 12.1 Å². The van der Waals surface area contributed by atoms with Crippen LogP contribution in [0.2, 0.25) is 11.3 Å². The highest BCUT2D eigenvalue weighted by atomic mass is 35.5. The van der Waals surface area contributed by atoms with Crippen LogP contribution in [0.25, 0.3) is 4.85 Å². The number of carbonyl (C=O) groups excluding carboxylic acids is 3. The maximum atomic E-state index is 13.6. The molecule has 13 heteroatoms. The van der Waals surface area contributed by atoms with E-state index < -0.39 is 67.9 Å². The minimum atomic E-state index is -5.03. The van der Waals surface area contributed by atoms with Gasteiger partial charge in [-0.2, -0.15) is 13.2 Å². The van der Waals surface area contributed by atoms with Crippen LogP contribution in [0.3, 0.4) is 0 Å². The first-order valence-electron chi connectivity index (χ1n) is 9.56. The van der Waals surface area contributed by atoms with Gasteiger partial charge >= 0.3 is 13.3 Å². The molecular weight excluding hydrogens is 453 g/mol. The Balaban J connectivity index is 2.13. The van der Waals surface area contributed by atoms with Gasteiger partial charge in [-0.25, -0.2) is 6.57 Å². The minimum Gasteiger partial charge on any atom is -0.427 e. The molecule has 1 aliphatic rings. The van der Waals surface area contributed by atoms with E-state index in [4.69, 9.17) is 34.0 Å². The summed E-state index contributed by atoms with van der Waals surface area (Å²) in [5.74, 6) is -5.67. The summed E-state index contributed by atoms with van der Waals surface area (Å²) in [4.78, 5) is 41.3. The molecule has 0 bridgehead atoms. The number of amides is 1. The molecular formula is C19H20BClF3N3O5. The zero-order valence-corrected chi connectivity index (χ0v) is 17.4.